The van der Waals surface area contributed by atoms with E-state index in [1.165, 1.54) is 12.4 Å². The first-order valence-corrected chi connectivity index (χ1v) is 6.38. The lowest BCUT2D eigenvalue weighted by molar-refractivity contribution is -0.142. The first kappa shape index (κ1) is 17.2. The van der Waals surface area contributed by atoms with Crippen LogP contribution in [-0.2, 0) is 12.4 Å². The highest BCUT2D eigenvalue weighted by atomic mass is 32.2. The number of amidine groups is 1. The van der Waals surface area contributed by atoms with E-state index in [4.69, 9.17) is 5.26 Å². The molecule has 0 aliphatic rings. The molecule has 0 atom stereocenters. The van der Waals surface area contributed by atoms with Crippen LogP contribution in [0.3, 0.4) is 0 Å². The van der Waals surface area contributed by atoms with Gasteiger partial charge in [0.1, 0.15) is 0 Å². The van der Waals surface area contributed by atoms with E-state index < -0.39 is 29.2 Å². The number of hydrogen-bond donors (Lipinski definition) is 1. The first-order chi connectivity index (χ1) is 9.59. The van der Waals surface area contributed by atoms with Gasteiger partial charge in [0.2, 0.25) is 0 Å². The minimum absolute atomic E-state index is 0.0108. The topological polar surface area (TPSA) is 48.2 Å². The average Bonchev–Trinajstić information content (AvgIpc) is 2.36. The number of alkyl halides is 6. The van der Waals surface area contributed by atoms with Crippen LogP contribution in [0.4, 0.5) is 32.0 Å². The molecule has 0 heterocycles. The maximum Gasteiger partial charge on any atom is 0.418 e. The molecule has 1 N–H and O–H groups in total. The summed E-state index contributed by atoms with van der Waals surface area (Å²) in [6, 6.07) is 1.10. The second-order valence-corrected chi connectivity index (χ2v) is 4.38. The maximum atomic E-state index is 12.8. The number of nitriles is 1. The number of benzene rings is 1. The maximum absolute atomic E-state index is 12.8. The number of thioether (sulfide) groups is 1. The fourth-order valence-corrected chi connectivity index (χ4v) is 1.66. The average molecular weight is 327 g/mol. The molecule has 1 aromatic rings. The van der Waals surface area contributed by atoms with E-state index in [0.717, 1.165) is 11.8 Å². The summed E-state index contributed by atoms with van der Waals surface area (Å²) < 4.78 is 75.9. The van der Waals surface area contributed by atoms with E-state index in [2.05, 4.69) is 4.99 Å². The lowest BCUT2D eigenvalue weighted by Gasteiger charge is -2.14. The number of hydrogen-bond acceptors (Lipinski definition) is 3. The molecule has 21 heavy (non-hydrogen) atoms. The van der Waals surface area contributed by atoms with Crippen molar-refractivity contribution in [2.45, 2.75) is 12.4 Å². The molecule has 10 heteroatoms. The Balaban J connectivity index is 3.43. The summed E-state index contributed by atoms with van der Waals surface area (Å²) in [6.07, 6.45) is -6.98. The van der Waals surface area contributed by atoms with Gasteiger partial charge in [0.15, 0.2) is 11.4 Å². The van der Waals surface area contributed by atoms with Crippen molar-refractivity contribution in [3.05, 3.63) is 29.3 Å². The molecule has 1 rings (SSSR count). The van der Waals surface area contributed by atoms with Crippen LogP contribution >= 0.6 is 11.8 Å². The molecule has 0 aliphatic carbocycles. The van der Waals surface area contributed by atoms with Crippen molar-refractivity contribution in [3.8, 4) is 6.19 Å². The van der Waals surface area contributed by atoms with Crippen LogP contribution in [0.5, 0.6) is 0 Å². The van der Waals surface area contributed by atoms with Gasteiger partial charge in [-0.3, -0.25) is 5.32 Å². The lowest BCUT2D eigenvalue weighted by atomic mass is 10.1. The monoisotopic (exact) mass is 327 g/mol. The van der Waals surface area contributed by atoms with Crippen LogP contribution in [0.15, 0.2) is 23.2 Å². The van der Waals surface area contributed by atoms with E-state index in [-0.39, 0.29) is 11.2 Å². The van der Waals surface area contributed by atoms with Crippen LogP contribution in [0, 0.1) is 11.5 Å². The third-order valence-corrected chi connectivity index (χ3v) is 2.79. The molecular formula is C11H7F6N3S. The van der Waals surface area contributed by atoms with Gasteiger partial charge in [-0.25, -0.2) is 4.99 Å². The summed E-state index contributed by atoms with van der Waals surface area (Å²) >= 11 is 0.845. The van der Waals surface area contributed by atoms with E-state index in [9.17, 15) is 26.3 Å². The van der Waals surface area contributed by atoms with Crippen molar-refractivity contribution >= 4 is 22.6 Å². The molecule has 0 amide bonds. The van der Waals surface area contributed by atoms with E-state index in [1.807, 2.05) is 5.32 Å². The Morgan fingerprint density at radius 2 is 1.81 bits per heavy atom. The highest BCUT2D eigenvalue weighted by molar-refractivity contribution is 8.13. The molecule has 0 radical (unpaired) electrons. The fourth-order valence-electron chi connectivity index (χ4n) is 1.32. The number of aliphatic imine (C=N–C) groups is 1. The van der Waals surface area contributed by atoms with Gasteiger partial charge in [0.25, 0.3) is 0 Å². The highest BCUT2D eigenvalue weighted by Gasteiger charge is 2.38. The Bertz CT molecular complexity index is 585. The highest BCUT2D eigenvalue weighted by Crippen LogP contribution is 2.40. The van der Waals surface area contributed by atoms with Crippen LogP contribution in [0.2, 0.25) is 0 Å². The first-order valence-electron chi connectivity index (χ1n) is 5.16. The Morgan fingerprint density at radius 1 is 1.19 bits per heavy atom. The van der Waals surface area contributed by atoms with Gasteiger partial charge in [-0.2, -0.15) is 31.6 Å². The van der Waals surface area contributed by atoms with Gasteiger partial charge in [-0.1, -0.05) is 11.8 Å². The summed E-state index contributed by atoms with van der Waals surface area (Å²) in [5.74, 6) is 0. The van der Waals surface area contributed by atoms with Crippen molar-refractivity contribution in [2.24, 2.45) is 4.99 Å². The predicted molar refractivity (Wildman–Crippen MR) is 65.8 cm³/mol. The van der Waals surface area contributed by atoms with Crippen LogP contribution in [0.25, 0.3) is 0 Å². The summed E-state index contributed by atoms with van der Waals surface area (Å²) in [5.41, 5.74) is -3.65. The number of nitrogens with zero attached hydrogens (tertiary/aromatic N) is 2. The number of halogens is 6. The molecule has 0 bridgehead atoms. The Labute approximate surface area is 119 Å². The van der Waals surface area contributed by atoms with E-state index in [1.54, 1.807) is 0 Å². The normalized spacial score (nSPS) is 13.0. The fraction of sp³-hybridized carbons (Fsp3) is 0.273. The van der Waals surface area contributed by atoms with Crippen LogP contribution in [0.1, 0.15) is 11.1 Å². The molecule has 0 unspecified atom stereocenters. The third kappa shape index (κ3) is 4.56. The van der Waals surface area contributed by atoms with Crippen molar-refractivity contribution in [3.63, 3.8) is 0 Å². The molecule has 0 spiro atoms. The van der Waals surface area contributed by atoms with Crippen molar-refractivity contribution in [1.29, 1.82) is 5.26 Å². The second kappa shape index (κ2) is 6.26. The minimum atomic E-state index is -5.00. The number of rotatable bonds is 1. The molecule has 0 saturated heterocycles. The predicted octanol–water partition coefficient (Wildman–Crippen LogP) is 4.15. The summed E-state index contributed by atoms with van der Waals surface area (Å²) in [4.78, 5) is 3.52. The van der Waals surface area contributed by atoms with Crippen molar-refractivity contribution in [2.75, 3.05) is 6.26 Å². The minimum Gasteiger partial charge on any atom is -0.271 e. The third-order valence-electron chi connectivity index (χ3n) is 2.21. The standard InChI is InChI=1S/C11H7F6N3S/c1-21-9(19-5-18)20-8-3-2-6(10(12,13)14)4-7(8)11(15,16)17/h2-4H,1H3,(H,19,20). The van der Waals surface area contributed by atoms with E-state index in [0.29, 0.717) is 12.1 Å². The molecule has 3 nitrogen and oxygen atoms in total. The lowest BCUT2D eigenvalue weighted by Crippen LogP contribution is -2.14. The SMILES string of the molecule is CSC(=Nc1ccc(C(F)(F)F)cc1C(F)(F)F)NC#N. The molecule has 0 aromatic heterocycles. The summed E-state index contributed by atoms with van der Waals surface area (Å²) in [7, 11) is 0. The zero-order chi connectivity index (χ0) is 16.3. The molecule has 0 fully saturated rings. The molecule has 1 aromatic carbocycles. The molecule has 0 aliphatic heterocycles. The second-order valence-electron chi connectivity index (χ2n) is 3.59. The zero-order valence-corrected chi connectivity index (χ0v) is 11.1. The van der Waals surface area contributed by atoms with E-state index >= 15 is 0 Å². The summed E-state index contributed by atoms with van der Waals surface area (Å²) in [5, 5.41) is 10.3. The quantitative estimate of drug-likeness (QED) is 0.277. The smallest absolute Gasteiger partial charge is 0.271 e. The largest absolute Gasteiger partial charge is 0.418 e. The van der Waals surface area contributed by atoms with Crippen LogP contribution in [-0.4, -0.2) is 11.4 Å². The Hall–Kier alpha value is -1.89. The molecular weight excluding hydrogens is 320 g/mol. The van der Waals surface area contributed by atoms with Crippen molar-refractivity contribution in [1.82, 2.24) is 5.32 Å². The summed E-state index contributed by atoms with van der Waals surface area (Å²) in [6.45, 7) is 0. The van der Waals surface area contributed by atoms with Gasteiger partial charge >= 0.3 is 12.4 Å². The Morgan fingerprint density at radius 3 is 2.24 bits per heavy atom. The van der Waals surface area contributed by atoms with Crippen LogP contribution < -0.4 is 5.32 Å². The zero-order valence-electron chi connectivity index (χ0n) is 10.3. The Kier molecular flexibility index (Phi) is 5.11. The number of nitrogens with one attached hydrogen (secondary N) is 1. The molecule has 114 valence electrons. The molecule has 0 saturated carbocycles. The van der Waals surface area contributed by atoms with Gasteiger partial charge < -0.3 is 0 Å². The van der Waals surface area contributed by atoms with Crippen molar-refractivity contribution < 1.29 is 26.3 Å². The van der Waals surface area contributed by atoms with Gasteiger partial charge in [-0.05, 0) is 24.5 Å². The van der Waals surface area contributed by atoms with Gasteiger partial charge in [-0.15, -0.1) is 0 Å². The van der Waals surface area contributed by atoms with Gasteiger partial charge in [0, 0.05) is 0 Å². The van der Waals surface area contributed by atoms with Gasteiger partial charge in [0.05, 0.1) is 16.8 Å².